The second-order valence-electron chi connectivity index (χ2n) is 9.10. The fraction of sp³-hybridized carbons (Fsp3) is 0.250. The Labute approximate surface area is 218 Å². The number of nitriles is 1. The maximum Gasteiger partial charge on any atom is 0.294 e. The van der Waals surface area contributed by atoms with E-state index >= 15 is 0 Å². The molecule has 188 valence electrons. The molecule has 9 heteroatoms. The minimum Gasteiger partial charge on any atom is -0.503 e. The van der Waals surface area contributed by atoms with Gasteiger partial charge in [-0.3, -0.25) is 24.3 Å². The van der Waals surface area contributed by atoms with Crippen LogP contribution >= 0.6 is 11.3 Å². The topological polar surface area (TPSA) is 123 Å². The van der Waals surface area contributed by atoms with Crippen LogP contribution in [0.5, 0.6) is 0 Å². The molecular formula is C28H26N4O4S. The molecule has 0 spiro atoms. The number of hydrogen-bond donors (Lipinski definition) is 2. The average Bonchev–Trinajstić information content (AvgIpc) is 3.43. The van der Waals surface area contributed by atoms with E-state index < -0.39 is 23.6 Å². The SMILES string of the molecule is Cc1ccc(-c2ccc(N3C(=O)C(O)=C(C(=O)CC(C)C)C3c3cccnc3C(=O)NCC#N)cc2)s1. The lowest BCUT2D eigenvalue weighted by atomic mass is 9.91. The average molecular weight is 515 g/mol. The molecule has 8 nitrogen and oxygen atoms in total. The van der Waals surface area contributed by atoms with Crippen LogP contribution in [-0.4, -0.2) is 34.2 Å². The van der Waals surface area contributed by atoms with Gasteiger partial charge in [-0.2, -0.15) is 5.26 Å². The summed E-state index contributed by atoms with van der Waals surface area (Å²) in [6.45, 7) is 5.54. The lowest BCUT2D eigenvalue weighted by molar-refractivity contribution is -0.118. The number of ketones is 1. The number of thiophene rings is 1. The van der Waals surface area contributed by atoms with Crippen molar-refractivity contribution >= 4 is 34.6 Å². The number of anilines is 1. The van der Waals surface area contributed by atoms with Crippen molar-refractivity contribution in [1.29, 1.82) is 5.26 Å². The molecule has 2 N–H and O–H groups in total. The number of Topliss-reactive ketones (excluding diaryl/α,β-unsaturated/α-hetero) is 1. The summed E-state index contributed by atoms with van der Waals surface area (Å²) in [6, 6.07) is 15.3. The molecule has 1 atom stereocenters. The van der Waals surface area contributed by atoms with Crippen molar-refractivity contribution in [1.82, 2.24) is 10.3 Å². The van der Waals surface area contributed by atoms with Crippen molar-refractivity contribution in [3.63, 3.8) is 0 Å². The van der Waals surface area contributed by atoms with E-state index in [1.807, 2.05) is 51.1 Å². The summed E-state index contributed by atoms with van der Waals surface area (Å²) in [5, 5.41) is 22.3. The second kappa shape index (κ2) is 10.8. The highest BCUT2D eigenvalue weighted by atomic mass is 32.1. The van der Waals surface area contributed by atoms with Crippen LogP contribution < -0.4 is 10.2 Å². The maximum absolute atomic E-state index is 13.4. The molecule has 0 radical (unpaired) electrons. The van der Waals surface area contributed by atoms with Gasteiger partial charge in [0.2, 0.25) is 0 Å². The third kappa shape index (κ3) is 5.15. The summed E-state index contributed by atoms with van der Waals surface area (Å²) in [7, 11) is 0. The molecule has 1 unspecified atom stereocenters. The van der Waals surface area contributed by atoms with Crippen molar-refractivity contribution in [2.75, 3.05) is 11.4 Å². The van der Waals surface area contributed by atoms with Crippen LogP contribution in [0.3, 0.4) is 0 Å². The number of aryl methyl sites for hydroxylation is 1. The van der Waals surface area contributed by atoms with Gasteiger partial charge in [0, 0.05) is 33.6 Å². The Morgan fingerprint density at radius 1 is 1.19 bits per heavy atom. The number of nitrogens with one attached hydrogen (secondary N) is 1. The zero-order chi connectivity index (χ0) is 26.7. The summed E-state index contributed by atoms with van der Waals surface area (Å²) < 4.78 is 0. The molecule has 4 rings (SSSR count). The molecule has 3 heterocycles. The Morgan fingerprint density at radius 2 is 1.92 bits per heavy atom. The number of carbonyl (C=O) groups is 3. The van der Waals surface area contributed by atoms with Crippen molar-refractivity contribution in [2.24, 2.45) is 5.92 Å². The highest BCUT2D eigenvalue weighted by Crippen LogP contribution is 2.43. The Kier molecular flexibility index (Phi) is 7.50. The van der Waals surface area contributed by atoms with Crippen molar-refractivity contribution in [3.05, 3.63) is 82.2 Å². The van der Waals surface area contributed by atoms with E-state index in [-0.39, 0.29) is 41.5 Å². The van der Waals surface area contributed by atoms with Crippen LogP contribution in [0.4, 0.5) is 5.69 Å². The highest BCUT2D eigenvalue weighted by molar-refractivity contribution is 7.15. The van der Waals surface area contributed by atoms with E-state index in [2.05, 4.69) is 10.3 Å². The molecule has 37 heavy (non-hydrogen) atoms. The number of amides is 2. The number of benzene rings is 1. The normalized spacial score (nSPS) is 15.3. The molecule has 0 saturated carbocycles. The van der Waals surface area contributed by atoms with Gasteiger partial charge in [0.05, 0.1) is 17.7 Å². The van der Waals surface area contributed by atoms with Crippen molar-refractivity contribution < 1.29 is 19.5 Å². The van der Waals surface area contributed by atoms with Gasteiger partial charge in [0.15, 0.2) is 11.5 Å². The van der Waals surface area contributed by atoms with E-state index in [4.69, 9.17) is 5.26 Å². The van der Waals surface area contributed by atoms with Crippen LogP contribution in [-0.2, 0) is 9.59 Å². The Bertz CT molecular complexity index is 1430. The molecule has 1 aliphatic heterocycles. The molecule has 0 fully saturated rings. The lowest BCUT2D eigenvalue weighted by Crippen LogP contribution is -2.34. The minimum atomic E-state index is -1.06. The number of aliphatic hydroxyl groups is 1. The summed E-state index contributed by atoms with van der Waals surface area (Å²) in [5.41, 5.74) is 1.60. The molecule has 1 aliphatic rings. The van der Waals surface area contributed by atoms with E-state index in [9.17, 15) is 19.5 Å². The maximum atomic E-state index is 13.4. The summed E-state index contributed by atoms with van der Waals surface area (Å²) in [5.74, 6) is -2.38. The number of carbonyl (C=O) groups excluding carboxylic acids is 3. The molecule has 2 amide bonds. The first kappa shape index (κ1) is 25.8. The van der Waals surface area contributed by atoms with Gasteiger partial charge >= 0.3 is 0 Å². The molecule has 0 aliphatic carbocycles. The van der Waals surface area contributed by atoms with Gasteiger partial charge in [-0.1, -0.05) is 32.0 Å². The molecular weight excluding hydrogens is 488 g/mol. The molecule has 1 aromatic carbocycles. The van der Waals surface area contributed by atoms with Crippen LogP contribution in [0.25, 0.3) is 10.4 Å². The summed E-state index contributed by atoms with van der Waals surface area (Å²) in [6.07, 6.45) is 1.53. The van der Waals surface area contributed by atoms with Gasteiger partial charge < -0.3 is 10.4 Å². The van der Waals surface area contributed by atoms with E-state index in [1.54, 1.807) is 35.6 Å². The Hall–Kier alpha value is -4.29. The van der Waals surface area contributed by atoms with Crippen molar-refractivity contribution in [3.8, 4) is 16.5 Å². The highest BCUT2D eigenvalue weighted by Gasteiger charge is 2.45. The van der Waals surface area contributed by atoms with Crippen LogP contribution in [0.2, 0.25) is 0 Å². The number of rotatable bonds is 8. The predicted octanol–water partition coefficient (Wildman–Crippen LogP) is 4.89. The second-order valence-corrected chi connectivity index (χ2v) is 10.4. The minimum absolute atomic E-state index is 0.0153. The summed E-state index contributed by atoms with van der Waals surface area (Å²) in [4.78, 5) is 47.3. The van der Waals surface area contributed by atoms with Gasteiger partial charge in [-0.25, -0.2) is 0 Å². The number of aliphatic hydroxyl groups excluding tert-OH is 1. The fourth-order valence-electron chi connectivity index (χ4n) is 4.34. The van der Waals surface area contributed by atoms with Gasteiger partial charge in [0.1, 0.15) is 12.2 Å². The van der Waals surface area contributed by atoms with Crippen LogP contribution in [0.1, 0.15) is 47.2 Å². The Morgan fingerprint density at radius 3 is 2.54 bits per heavy atom. The van der Waals surface area contributed by atoms with Gasteiger partial charge in [-0.05, 0) is 48.7 Å². The molecule has 2 aromatic heterocycles. The third-order valence-corrected chi connectivity index (χ3v) is 7.00. The first-order valence-electron chi connectivity index (χ1n) is 11.8. The quantitative estimate of drug-likeness (QED) is 0.413. The van der Waals surface area contributed by atoms with Gasteiger partial charge in [-0.15, -0.1) is 11.3 Å². The smallest absolute Gasteiger partial charge is 0.294 e. The zero-order valence-electron chi connectivity index (χ0n) is 20.7. The number of hydrogen-bond acceptors (Lipinski definition) is 7. The first-order valence-corrected chi connectivity index (χ1v) is 12.6. The monoisotopic (exact) mass is 514 g/mol. The van der Waals surface area contributed by atoms with E-state index in [1.165, 1.54) is 16.0 Å². The van der Waals surface area contributed by atoms with Crippen LogP contribution in [0.15, 0.2) is 66.1 Å². The largest absolute Gasteiger partial charge is 0.503 e. The lowest BCUT2D eigenvalue weighted by Gasteiger charge is -2.28. The number of pyridine rings is 1. The molecule has 0 saturated heterocycles. The van der Waals surface area contributed by atoms with Crippen LogP contribution in [0, 0.1) is 24.2 Å². The summed E-state index contributed by atoms with van der Waals surface area (Å²) >= 11 is 1.65. The fourth-order valence-corrected chi connectivity index (χ4v) is 5.21. The van der Waals surface area contributed by atoms with E-state index in [0.717, 1.165) is 10.4 Å². The predicted molar refractivity (Wildman–Crippen MR) is 141 cm³/mol. The number of nitrogens with zero attached hydrogens (tertiary/aromatic N) is 3. The molecule has 0 bridgehead atoms. The van der Waals surface area contributed by atoms with Gasteiger partial charge in [0.25, 0.3) is 11.8 Å². The third-order valence-electron chi connectivity index (χ3n) is 5.95. The van der Waals surface area contributed by atoms with Crippen molar-refractivity contribution in [2.45, 2.75) is 33.2 Å². The Balaban J connectivity index is 1.83. The zero-order valence-corrected chi connectivity index (χ0v) is 21.5. The molecule has 3 aromatic rings. The number of aromatic nitrogens is 1. The standard InChI is InChI=1S/C28H26N4O4S/c1-16(2)15-21(33)23-25(20-5-4-13-30-24(20)27(35)31-14-12-29)32(28(36)26(23)34)19-9-7-18(8-10-19)22-11-6-17(3)37-22/h4-11,13,16,25,34H,14-15H2,1-3H3,(H,31,35). The van der Waals surface area contributed by atoms with E-state index in [0.29, 0.717) is 5.69 Å². The first-order chi connectivity index (χ1) is 17.7.